The van der Waals surface area contributed by atoms with Crippen molar-refractivity contribution in [1.29, 1.82) is 0 Å². The molecule has 0 bridgehead atoms. The zero-order chi connectivity index (χ0) is 11.0. The number of carboxylic acid groups (broad SMARTS) is 1. The van der Waals surface area contributed by atoms with E-state index in [1.807, 2.05) is 0 Å². The summed E-state index contributed by atoms with van der Waals surface area (Å²) < 4.78 is 4.82. The van der Waals surface area contributed by atoms with Gasteiger partial charge in [0.15, 0.2) is 0 Å². The van der Waals surface area contributed by atoms with Gasteiger partial charge in [-0.1, -0.05) is 0 Å². The summed E-state index contributed by atoms with van der Waals surface area (Å²) in [7, 11) is 1.60. The SMILES string of the molecule is COCCCCC(=O)N[C@H](C)C(=O)O. The number of aliphatic carboxylic acids is 1. The van der Waals surface area contributed by atoms with E-state index in [9.17, 15) is 9.59 Å². The molecule has 0 aliphatic carbocycles. The number of carbonyl (C=O) groups is 2. The number of amides is 1. The van der Waals surface area contributed by atoms with E-state index < -0.39 is 12.0 Å². The quantitative estimate of drug-likeness (QED) is 0.587. The third-order valence-corrected chi connectivity index (χ3v) is 1.75. The second-order valence-corrected chi connectivity index (χ2v) is 3.08. The second-order valence-electron chi connectivity index (χ2n) is 3.08. The third-order valence-electron chi connectivity index (χ3n) is 1.75. The van der Waals surface area contributed by atoms with E-state index in [0.717, 1.165) is 6.42 Å². The average molecular weight is 203 g/mol. The number of ether oxygens (including phenoxy) is 1. The predicted octanol–water partition coefficient (Wildman–Crippen LogP) is 0.392. The molecule has 0 rings (SSSR count). The summed E-state index contributed by atoms with van der Waals surface area (Å²) in [5, 5.41) is 10.9. The van der Waals surface area contributed by atoms with Crippen LogP contribution in [-0.4, -0.2) is 36.7 Å². The van der Waals surface area contributed by atoms with Crippen LogP contribution in [-0.2, 0) is 14.3 Å². The zero-order valence-electron chi connectivity index (χ0n) is 8.58. The first-order chi connectivity index (χ1) is 6.57. The van der Waals surface area contributed by atoms with Crippen molar-refractivity contribution >= 4 is 11.9 Å². The maximum atomic E-state index is 11.1. The molecule has 5 heteroatoms. The highest BCUT2D eigenvalue weighted by Crippen LogP contribution is 1.96. The number of methoxy groups -OCH3 is 1. The number of carbonyl (C=O) groups excluding carboxylic acids is 1. The zero-order valence-corrected chi connectivity index (χ0v) is 8.58. The first kappa shape index (κ1) is 12.9. The molecule has 0 spiro atoms. The van der Waals surface area contributed by atoms with Crippen LogP contribution in [0.4, 0.5) is 0 Å². The highest BCUT2D eigenvalue weighted by atomic mass is 16.5. The normalized spacial score (nSPS) is 12.1. The van der Waals surface area contributed by atoms with Crippen molar-refractivity contribution in [2.24, 2.45) is 0 Å². The van der Waals surface area contributed by atoms with Gasteiger partial charge in [-0.2, -0.15) is 0 Å². The molecule has 0 aromatic carbocycles. The number of hydrogen-bond donors (Lipinski definition) is 2. The van der Waals surface area contributed by atoms with Gasteiger partial charge in [-0.15, -0.1) is 0 Å². The Morgan fingerprint density at radius 1 is 1.43 bits per heavy atom. The first-order valence-electron chi connectivity index (χ1n) is 4.59. The molecule has 0 saturated heterocycles. The highest BCUT2D eigenvalue weighted by molar-refractivity contribution is 5.83. The minimum atomic E-state index is -1.02. The summed E-state index contributed by atoms with van der Waals surface area (Å²) in [5.41, 5.74) is 0. The number of nitrogens with one attached hydrogen (secondary N) is 1. The van der Waals surface area contributed by atoms with E-state index in [1.165, 1.54) is 6.92 Å². The van der Waals surface area contributed by atoms with Gasteiger partial charge in [0.2, 0.25) is 5.91 Å². The molecule has 14 heavy (non-hydrogen) atoms. The summed E-state index contributed by atoms with van der Waals surface area (Å²) in [6.07, 6.45) is 1.87. The molecule has 0 aromatic heterocycles. The minimum Gasteiger partial charge on any atom is -0.480 e. The van der Waals surface area contributed by atoms with Gasteiger partial charge in [0, 0.05) is 20.1 Å². The number of rotatable bonds is 7. The number of carboxylic acids is 1. The summed E-state index contributed by atoms with van der Waals surface area (Å²) in [6, 6.07) is -0.815. The van der Waals surface area contributed by atoms with Crippen LogP contribution in [0.5, 0.6) is 0 Å². The fourth-order valence-corrected chi connectivity index (χ4v) is 0.907. The van der Waals surface area contributed by atoms with E-state index in [2.05, 4.69) is 5.32 Å². The molecule has 1 amide bonds. The molecule has 1 atom stereocenters. The average Bonchev–Trinajstić information content (AvgIpc) is 2.12. The Morgan fingerprint density at radius 3 is 2.57 bits per heavy atom. The molecule has 0 aliphatic rings. The van der Waals surface area contributed by atoms with E-state index >= 15 is 0 Å². The lowest BCUT2D eigenvalue weighted by molar-refractivity contribution is -0.141. The lowest BCUT2D eigenvalue weighted by Gasteiger charge is -2.08. The van der Waals surface area contributed by atoms with Crippen molar-refractivity contribution in [2.45, 2.75) is 32.2 Å². The highest BCUT2D eigenvalue weighted by Gasteiger charge is 2.12. The van der Waals surface area contributed by atoms with Crippen LogP contribution in [0.15, 0.2) is 0 Å². The van der Waals surface area contributed by atoms with Crippen molar-refractivity contribution in [3.05, 3.63) is 0 Å². The molecule has 2 N–H and O–H groups in total. The molecule has 0 fully saturated rings. The molecular formula is C9H17NO4. The molecule has 0 aliphatic heterocycles. The Hall–Kier alpha value is -1.10. The monoisotopic (exact) mass is 203 g/mol. The fraction of sp³-hybridized carbons (Fsp3) is 0.778. The summed E-state index contributed by atoms with van der Waals surface area (Å²) >= 11 is 0. The first-order valence-corrected chi connectivity index (χ1v) is 4.59. The van der Waals surface area contributed by atoms with Gasteiger partial charge in [-0.05, 0) is 19.8 Å². The fourth-order valence-electron chi connectivity index (χ4n) is 0.907. The minimum absolute atomic E-state index is 0.226. The van der Waals surface area contributed by atoms with E-state index in [1.54, 1.807) is 7.11 Å². The van der Waals surface area contributed by atoms with Crippen LogP contribution >= 0.6 is 0 Å². The van der Waals surface area contributed by atoms with Crippen LogP contribution < -0.4 is 5.32 Å². The van der Waals surface area contributed by atoms with E-state index in [-0.39, 0.29) is 5.91 Å². The van der Waals surface area contributed by atoms with Gasteiger partial charge in [-0.3, -0.25) is 9.59 Å². The van der Waals surface area contributed by atoms with Gasteiger partial charge in [0.05, 0.1) is 0 Å². The smallest absolute Gasteiger partial charge is 0.325 e. The Morgan fingerprint density at radius 2 is 2.07 bits per heavy atom. The Balaban J connectivity index is 3.50. The number of unbranched alkanes of at least 4 members (excludes halogenated alkanes) is 1. The van der Waals surface area contributed by atoms with Gasteiger partial charge in [0.1, 0.15) is 6.04 Å². The lowest BCUT2D eigenvalue weighted by Crippen LogP contribution is -2.38. The second kappa shape index (κ2) is 7.32. The molecule has 82 valence electrons. The lowest BCUT2D eigenvalue weighted by atomic mass is 10.2. The van der Waals surface area contributed by atoms with Gasteiger partial charge < -0.3 is 15.2 Å². The van der Waals surface area contributed by atoms with Crippen LogP contribution in [0, 0.1) is 0 Å². The van der Waals surface area contributed by atoms with Gasteiger partial charge >= 0.3 is 5.97 Å². The van der Waals surface area contributed by atoms with Crippen LogP contribution in [0.1, 0.15) is 26.2 Å². The third kappa shape index (κ3) is 6.42. The summed E-state index contributed by atoms with van der Waals surface area (Å²) in [4.78, 5) is 21.5. The summed E-state index contributed by atoms with van der Waals surface area (Å²) in [6.45, 7) is 2.07. The maximum Gasteiger partial charge on any atom is 0.325 e. The molecule has 0 unspecified atom stereocenters. The molecule has 5 nitrogen and oxygen atoms in total. The molecule has 0 radical (unpaired) electrons. The largest absolute Gasteiger partial charge is 0.480 e. The molecule has 0 saturated carbocycles. The Labute approximate surface area is 83.4 Å². The molecule has 0 heterocycles. The van der Waals surface area contributed by atoms with Crippen molar-refractivity contribution < 1.29 is 19.4 Å². The van der Waals surface area contributed by atoms with Gasteiger partial charge in [0.25, 0.3) is 0 Å². The molecular weight excluding hydrogens is 186 g/mol. The predicted molar refractivity (Wildman–Crippen MR) is 51.0 cm³/mol. The maximum absolute atomic E-state index is 11.1. The summed E-state index contributed by atoms with van der Waals surface area (Å²) in [5.74, 6) is -1.24. The Bertz CT molecular complexity index is 193. The Kier molecular flexibility index (Phi) is 6.74. The standard InChI is InChI=1S/C9H17NO4/c1-7(9(12)13)10-8(11)5-3-4-6-14-2/h7H,3-6H2,1-2H3,(H,10,11)(H,12,13)/t7-/m1/s1. The topological polar surface area (TPSA) is 75.6 Å². The van der Waals surface area contributed by atoms with E-state index in [4.69, 9.17) is 9.84 Å². The van der Waals surface area contributed by atoms with Crippen molar-refractivity contribution in [1.82, 2.24) is 5.32 Å². The van der Waals surface area contributed by atoms with Crippen molar-refractivity contribution in [3.63, 3.8) is 0 Å². The van der Waals surface area contributed by atoms with Crippen LogP contribution in [0.3, 0.4) is 0 Å². The van der Waals surface area contributed by atoms with Gasteiger partial charge in [-0.25, -0.2) is 0 Å². The van der Waals surface area contributed by atoms with Crippen LogP contribution in [0.2, 0.25) is 0 Å². The van der Waals surface area contributed by atoms with E-state index in [0.29, 0.717) is 19.4 Å². The molecule has 0 aromatic rings. The number of hydrogen-bond acceptors (Lipinski definition) is 3. The van der Waals surface area contributed by atoms with Crippen molar-refractivity contribution in [3.8, 4) is 0 Å². The van der Waals surface area contributed by atoms with Crippen LogP contribution in [0.25, 0.3) is 0 Å². The van der Waals surface area contributed by atoms with Crippen molar-refractivity contribution in [2.75, 3.05) is 13.7 Å².